The lowest BCUT2D eigenvalue weighted by molar-refractivity contribution is -0.384. The number of rotatable bonds is 6. The van der Waals surface area contributed by atoms with E-state index in [1.54, 1.807) is 12.1 Å². The first kappa shape index (κ1) is 19.9. The second kappa shape index (κ2) is 7.85. The molecule has 1 aliphatic rings. The summed E-state index contributed by atoms with van der Waals surface area (Å²) in [6.45, 7) is 2.10. The van der Waals surface area contributed by atoms with Gasteiger partial charge in [0.1, 0.15) is 0 Å². The van der Waals surface area contributed by atoms with Gasteiger partial charge in [0.15, 0.2) is 0 Å². The van der Waals surface area contributed by atoms with Crippen molar-refractivity contribution in [1.82, 2.24) is 0 Å². The van der Waals surface area contributed by atoms with E-state index in [0.29, 0.717) is 5.92 Å². The summed E-state index contributed by atoms with van der Waals surface area (Å²) in [5, 5.41) is 13.5. The molecule has 2 aromatic carbocycles. The van der Waals surface area contributed by atoms with Gasteiger partial charge < -0.3 is 11.1 Å². The number of benzene rings is 2. The fourth-order valence-electron chi connectivity index (χ4n) is 3.09. The molecule has 7 heteroatoms. The van der Waals surface area contributed by atoms with Crippen LogP contribution in [0.4, 0.5) is 11.4 Å². The van der Waals surface area contributed by atoms with Crippen molar-refractivity contribution in [3.05, 3.63) is 69.8 Å². The maximum Gasteiger partial charge on any atom is 0.269 e. The molecule has 0 bridgehead atoms. The van der Waals surface area contributed by atoms with E-state index >= 15 is 0 Å². The molecule has 0 spiro atoms. The molecule has 2 aromatic rings. The first-order chi connectivity index (χ1) is 11.9. The zero-order valence-corrected chi connectivity index (χ0v) is 15.3. The van der Waals surface area contributed by atoms with Gasteiger partial charge in [-0.1, -0.05) is 31.2 Å². The molecule has 6 nitrogen and oxygen atoms in total. The van der Waals surface area contributed by atoms with E-state index in [1.165, 1.54) is 17.7 Å². The minimum atomic E-state index is -0.458. The summed E-state index contributed by atoms with van der Waals surface area (Å²) in [6.07, 6.45) is 2.14. The van der Waals surface area contributed by atoms with Gasteiger partial charge in [-0.25, -0.2) is 0 Å². The zero-order chi connectivity index (χ0) is 18.0. The quantitative estimate of drug-likeness (QED) is 0.592. The first-order valence-electron chi connectivity index (χ1n) is 8.33. The normalized spacial score (nSPS) is 20.8. The summed E-state index contributed by atoms with van der Waals surface area (Å²) in [5.41, 5.74) is 8.86. The van der Waals surface area contributed by atoms with Crippen molar-refractivity contribution in [3.63, 3.8) is 0 Å². The van der Waals surface area contributed by atoms with E-state index in [2.05, 4.69) is 12.2 Å². The number of nitrogens with two attached hydrogens (primary N) is 1. The third-order valence-corrected chi connectivity index (χ3v) is 4.88. The van der Waals surface area contributed by atoms with Gasteiger partial charge in [0.25, 0.3) is 5.69 Å². The Labute approximate surface area is 158 Å². The monoisotopic (exact) mass is 375 g/mol. The largest absolute Gasteiger partial charge is 0.326 e. The highest BCUT2D eigenvalue weighted by atomic mass is 35.5. The van der Waals surface area contributed by atoms with E-state index in [9.17, 15) is 14.9 Å². The van der Waals surface area contributed by atoms with Gasteiger partial charge in [-0.15, -0.1) is 12.4 Å². The van der Waals surface area contributed by atoms with Crippen LogP contribution in [0.15, 0.2) is 48.5 Å². The topological polar surface area (TPSA) is 98.3 Å². The third kappa shape index (κ3) is 4.39. The molecule has 2 atom stereocenters. The number of halogens is 1. The lowest BCUT2D eigenvalue weighted by Crippen LogP contribution is -2.22. The van der Waals surface area contributed by atoms with E-state index in [4.69, 9.17) is 5.73 Å². The van der Waals surface area contributed by atoms with E-state index in [-0.39, 0.29) is 36.0 Å². The number of anilines is 1. The Kier molecular flexibility index (Phi) is 6.00. The van der Waals surface area contributed by atoms with Crippen molar-refractivity contribution < 1.29 is 9.72 Å². The van der Waals surface area contributed by atoms with Crippen molar-refractivity contribution >= 4 is 29.7 Å². The molecule has 26 heavy (non-hydrogen) atoms. The average molecular weight is 376 g/mol. The molecule has 1 amide bonds. The van der Waals surface area contributed by atoms with Crippen LogP contribution in [0.1, 0.15) is 36.8 Å². The van der Waals surface area contributed by atoms with Crippen LogP contribution in [0, 0.1) is 10.1 Å². The van der Waals surface area contributed by atoms with Gasteiger partial charge in [0.05, 0.1) is 11.3 Å². The second-order valence-corrected chi connectivity index (χ2v) is 6.61. The van der Waals surface area contributed by atoms with Crippen LogP contribution in [0.2, 0.25) is 0 Å². The minimum Gasteiger partial charge on any atom is -0.326 e. The van der Waals surface area contributed by atoms with Crippen LogP contribution in [0.25, 0.3) is 0 Å². The molecule has 2 unspecified atom stereocenters. The number of nitro benzene ring substituents is 1. The molecular weight excluding hydrogens is 354 g/mol. The molecule has 3 rings (SSSR count). The van der Waals surface area contributed by atoms with Crippen molar-refractivity contribution in [2.75, 3.05) is 5.32 Å². The van der Waals surface area contributed by atoms with Gasteiger partial charge in [-0.3, -0.25) is 14.9 Å². The Morgan fingerprint density at radius 3 is 2.35 bits per heavy atom. The Hall–Kier alpha value is -2.44. The fourth-order valence-corrected chi connectivity index (χ4v) is 3.09. The summed E-state index contributed by atoms with van der Waals surface area (Å²) >= 11 is 0. The summed E-state index contributed by atoms with van der Waals surface area (Å²) in [6, 6.07) is 13.8. The van der Waals surface area contributed by atoms with Crippen LogP contribution in [0.3, 0.4) is 0 Å². The number of carbonyl (C=O) groups is 1. The Morgan fingerprint density at radius 2 is 1.85 bits per heavy atom. The lowest BCUT2D eigenvalue weighted by atomic mass is 10.0. The highest BCUT2D eigenvalue weighted by molar-refractivity contribution is 5.92. The number of nitrogens with zero attached hydrogens (tertiary/aromatic N) is 1. The highest BCUT2D eigenvalue weighted by Crippen LogP contribution is 2.51. The van der Waals surface area contributed by atoms with Crippen molar-refractivity contribution in [2.45, 2.75) is 37.6 Å². The van der Waals surface area contributed by atoms with Crippen molar-refractivity contribution in [3.8, 4) is 0 Å². The minimum absolute atomic E-state index is 0. The highest BCUT2D eigenvalue weighted by Gasteiger charge is 2.49. The number of amides is 1. The van der Waals surface area contributed by atoms with Crippen LogP contribution in [-0.2, 0) is 11.2 Å². The Morgan fingerprint density at radius 1 is 1.23 bits per heavy atom. The summed E-state index contributed by atoms with van der Waals surface area (Å²) in [7, 11) is 0. The number of hydrogen-bond donors (Lipinski definition) is 2. The molecular formula is C19H22ClN3O3. The molecule has 1 aliphatic carbocycles. The molecule has 0 aromatic heterocycles. The molecule has 3 N–H and O–H groups in total. The van der Waals surface area contributed by atoms with Gasteiger partial charge in [-0.2, -0.15) is 0 Å². The van der Waals surface area contributed by atoms with Gasteiger partial charge >= 0.3 is 0 Å². The Balaban J connectivity index is 0.00000243. The molecule has 0 heterocycles. The van der Waals surface area contributed by atoms with Gasteiger partial charge in [0.2, 0.25) is 5.91 Å². The standard InChI is InChI=1S/C19H21N3O3.ClH/c1-2-19(20)12-17(19)14-5-7-15(8-6-14)21-18(23)11-13-3-9-16(10-4-13)22(24)25;/h3-10,17H,2,11-12,20H2,1H3,(H,21,23);1H. The zero-order valence-electron chi connectivity index (χ0n) is 14.5. The summed E-state index contributed by atoms with van der Waals surface area (Å²) in [5.74, 6) is 0.247. The smallest absolute Gasteiger partial charge is 0.269 e. The number of hydrogen-bond acceptors (Lipinski definition) is 4. The van der Waals surface area contributed by atoms with Crippen LogP contribution in [0.5, 0.6) is 0 Å². The molecule has 138 valence electrons. The molecule has 1 saturated carbocycles. The second-order valence-electron chi connectivity index (χ2n) is 6.61. The van der Waals surface area contributed by atoms with Crippen molar-refractivity contribution in [1.29, 1.82) is 0 Å². The molecule has 0 saturated heterocycles. The molecule has 0 radical (unpaired) electrons. The predicted octanol–water partition coefficient (Wildman–Crippen LogP) is 3.79. The van der Waals surface area contributed by atoms with E-state index < -0.39 is 4.92 Å². The molecule has 1 fully saturated rings. The first-order valence-corrected chi connectivity index (χ1v) is 8.33. The molecule has 0 aliphatic heterocycles. The lowest BCUT2D eigenvalue weighted by Gasteiger charge is -2.09. The Bertz CT molecular complexity index is 793. The number of nitro groups is 1. The fraction of sp³-hybridized carbons (Fsp3) is 0.316. The van der Waals surface area contributed by atoms with Crippen LogP contribution >= 0.6 is 12.4 Å². The van der Waals surface area contributed by atoms with Crippen LogP contribution in [-0.4, -0.2) is 16.4 Å². The van der Waals surface area contributed by atoms with E-state index in [0.717, 1.165) is 24.1 Å². The summed E-state index contributed by atoms with van der Waals surface area (Å²) in [4.78, 5) is 22.3. The number of carbonyl (C=O) groups excluding carboxylic acids is 1. The van der Waals surface area contributed by atoms with Gasteiger partial charge in [-0.05, 0) is 36.1 Å². The predicted molar refractivity (Wildman–Crippen MR) is 104 cm³/mol. The third-order valence-electron chi connectivity index (χ3n) is 4.88. The number of non-ortho nitro benzene ring substituents is 1. The summed E-state index contributed by atoms with van der Waals surface area (Å²) < 4.78 is 0. The van der Waals surface area contributed by atoms with E-state index in [1.807, 2.05) is 24.3 Å². The maximum absolute atomic E-state index is 12.1. The van der Waals surface area contributed by atoms with Crippen molar-refractivity contribution in [2.24, 2.45) is 5.73 Å². The SMILES string of the molecule is CCC1(N)CC1c1ccc(NC(=O)Cc2ccc([N+](=O)[O-])cc2)cc1.Cl. The van der Waals surface area contributed by atoms with Crippen LogP contribution < -0.4 is 11.1 Å². The van der Waals surface area contributed by atoms with Gasteiger partial charge in [0, 0.05) is 29.3 Å². The average Bonchev–Trinajstić information content (AvgIpc) is 3.28. The maximum atomic E-state index is 12.1. The number of nitrogens with one attached hydrogen (secondary N) is 1.